The van der Waals surface area contributed by atoms with Crippen molar-refractivity contribution < 1.29 is 10.2 Å². The average Bonchev–Trinajstić information content (AvgIpc) is 2.42. The second-order valence-electron chi connectivity index (χ2n) is 4.80. The molecule has 0 aliphatic carbocycles. The molecule has 0 aliphatic rings. The third kappa shape index (κ3) is 3.73. The van der Waals surface area contributed by atoms with E-state index in [-0.39, 0.29) is 18.2 Å². The van der Waals surface area contributed by atoms with E-state index in [9.17, 15) is 10.2 Å². The number of aryl methyl sites for hydroxylation is 1. The van der Waals surface area contributed by atoms with Crippen LogP contribution in [-0.4, -0.2) is 16.3 Å². The second-order valence-corrected chi connectivity index (χ2v) is 4.80. The number of benzene rings is 2. The minimum absolute atomic E-state index is 0. The molecule has 3 nitrogen and oxygen atoms in total. The number of hydrogen-bond acceptors (Lipinski definition) is 3. The summed E-state index contributed by atoms with van der Waals surface area (Å²) >= 11 is 0. The number of hydrogen-bond donors (Lipinski definition) is 3. The van der Waals surface area contributed by atoms with Gasteiger partial charge in [-0.15, -0.1) is 12.4 Å². The van der Waals surface area contributed by atoms with Crippen molar-refractivity contribution in [3.63, 3.8) is 0 Å². The zero-order chi connectivity index (χ0) is 13.8. The summed E-state index contributed by atoms with van der Waals surface area (Å²) in [4.78, 5) is 0. The minimum atomic E-state index is -0.727. The molecular formula is C16H20ClNO2. The molecule has 2 aromatic rings. The smallest absolute Gasteiger partial charge is 0.123 e. The number of nitrogens with two attached hydrogens (primary N) is 1. The van der Waals surface area contributed by atoms with Crippen molar-refractivity contribution in [1.29, 1.82) is 0 Å². The molecule has 0 bridgehead atoms. The van der Waals surface area contributed by atoms with Crippen LogP contribution in [0.15, 0.2) is 48.5 Å². The summed E-state index contributed by atoms with van der Waals surface area (Å²) in [5, 5.41) is 20.2. The average molecular weight is 294 g/mol. The van der Waals surface area contributed by atoms with Crippen molar-refractivity contribution in [2.75, 3.05) is 0 Å². The first-order valence-corrected chi connectivity index (χ1v) is 6.35. The molecule has 0 fully saturated rings. The summed E-state index contributed by atoms with van der Waals surface area (Å²) < 4.78 is 0. The molecule has 0 heterocycles. The highest BCUT2D eigenvalue weighted by Gasteiger charge is 2.20. The Labute approximate surface area is 125 Å². The SMILES string of the molecule is Cc1cccc([C@@H](N)[C@@H](O)Cc2ccccc2)c1O.Cl. The summed E-state index contributed by atoms with van der Waals surface area (Å²) in [5.41, 5.74) is 8.42. The van der Waals surface area contributed by atoms with Crippen molar-refractivity contribution in [3.8, 4) is 5.75 Å². The predicted molar refractivity (Wildman–Crippen MR) is 83.2 cm³/mol. The molecular weight excluding hydrogens is 274 g/mol. The maximum Gasteiger partial charge on any atom is 0.123 e. The fourth-order valence-corrected chi connectivity index (χ4v) is 2.14. The van der Waals surface area contributed by atoms with Crippen LogP contribution in [0.5, 0.6) is 5.75 Å². The van der Waals surface area contributed by atoms with E-state index in [4.69, 9.17) is 5.73 Å². The molecule has 4 heteroatoms. The van der Waals surface area contributed by atoms with Gasteiger partial charge in [0.2, 0.25) is 0 Å². The van der Waals surface area contributed by atoms with E-state index in [1.54, 1.807) is 6.07 Å². The molecule has 0 amide bonds. The van der Waals surface area contributed by atoms with Gasteiger partial charge in [0.25, 0.3) is 0 Å². The van der Waals surface area contributed by atoms with Gasteiger partial charge in [-0.05, 0) is 18.1 Å². The first kappa shape index (κ1) is 16.5. The highest BCUT2D eigenvalue weighted by molar-refractivity contribution is 5.85. The van der Waals surface area contributed by atoms with Crippen LogP contribution in [-0.2, 0) is 6.42 Å². The number of aliphatic hydroxyl groups excluding tert-OH is 1. The number of rotatable bonds is 4. The minimum Gasteiger partial charge on any atom is -0.507 e. The van der Waals surface area contributed by atoms with Gasteiger partial charge in [-0.1, -0.05) is 48.5 Å². The van der Waals surface area contributed by atoms with Gasteiger partial charge in [-0.3, -0.25) is 0 Å². The van der Waals surface area contributed by atoms with E-state index in [2.05, 4.69) is 0 Å². The van der Waals surface area contributed by atoms with Gasteiger partial charge in [0.05, 0.1) is 12.1 Å². The van der Waals surface area contributed by atoms with Crippen LogP contribution in [0.4, 0.5) is 0 Å². The Hall–Kier alpha value is -1.55. The molecule has 2 aromatic carbocycles. The number of aromatic hydroxyl groups is 1. The van der Waals surface area contributed by atoms with Crippen LogP contribution in [0, 0.1) is 6.92 Å². The van der Waals surface area contributed by atoms with E-state index in [0.29, 0.717) is 12.0 Å². The maximum absolute atomic E-state index is 10.2. The third-order valence-electron chi connectivity index (χ3n) is 3.33. The number of phenols is 1. The lowest BCUT2D eigenvalue weighted by Gasteiger charge is -2.21. The van der Waals surface area contributed by atoms with E-state index >= 15 is 0 Å². The lowest BCUT2D eigenvalue weighted by atomic mass is 9.95. The number of aliphatic hydroxyl groups is 1. The zero-order valence-corrected chi connectivity index (χ0v) is 12.2. The molecule has 2 atom stereocenters. The molecule has 0 aliphatic heterocycles. The summed E-state index contributed by atoms with van der Waals surface area (Å²) in [6, 6.07) is 14.5. The molecule has 0 saturated heterocycles. The summed E-state index contributed by atoms with van der Waals surface area (Å²) in [5.74, 6) is 0.169. The monoisotopic (exact) mass is 293 g/mol. The number of halogens is 1. The van der Waals surface area contributed by atoms with Crippen LogP contribution in [0.3, 0.4) is 0 Å². The van der Waals surface area contributed by atoms with E-state index in [0.717, 1.165) is 11.1 Å². The molecule has 0 spiro atoms. The van der Waals surface area contributed by atoms with Crippen molar-refractivity contribution in [2.45, 2.75) is 25.5 Å². The van der Waals surface area contributed by atoms with Crippen LogP contribution < -0.4 is 5.73 Å². The van der Waals surface area contributed by atoms with Crippen molar-refractivity contribution in [1.82, 2.24) is 0 Å². The maximum atomic E-state index is 10.2. The van der Waals surface area contributed by atoms with E-state index in [1.165, 1.54) is 0 Å². The first-order valence-electron chi connectivity index (χ1n) is 6.35. The fraction of sp³-hybridized carbons (Fsp3) is 0.250. The predicted octanol–water partition coefficient (Wildman–Crippen LogP) is 2.73. The Morgan fingerprint density at radius 2 is 1.70 bits per heavy atom. The van der Waals surface area contributed by atoms with Gasteiger partial charge in [-0.25, -0.2) is 0 Å². The van der Waals surface area contributed by atoms with E-state index in [1.807, 2.05) is 49.4 Å². The van der Waals surface area contributed by atoms with Crippen LogP contribution in [0.2, 0.25) is 0 Å². The van der Waals surface area contributed by atoms with Gasteiger partial charge >= 0.3 is 0 Å². The Kier molecular flexibility index (Phi) is 6.02. The molecule has 0 saturated carbocycles. The largest absolute Gasteiger partial charge is 0.507 e. The van der Waals surface area contributed by atoms with Crippen LogP contribution >= 0.6 is 12.4 Å². The van der Waals surface area contributed by atoms with Gasteiger partial charge < -0.3 is 15.9 Å². The normalized spacial score (nSPS) is 13.3. The summed E-state index contributed by atoms with van der Waals surface area (Å²) in [6.45, 7) is 1.81. The summed E-state index contributed by atoms with van der Waals surface area (Å²) in [7, 11) is 0. The van der Waals surface area contributed by atoms with Crippen LogP contribution in [0.25, 0.3) is 0 Å². The van der Waals surface area contributed by atoms with E-state index < -0.39 is 12.1 Å². The molecule has 0 radical (unpaired) electrons. The van der Waals surface area contributed by atoms with Crippen molar-refractivity contribution >= 4 is 12.4 Å². The molecule has 0 aromatic heterocycles. The Bertz CT molecular complexity index is 545. The van der Waals surface area contributed by atoms with Crippen molar-refractivity contribution in [3.05, 3.63) is 65.2 Å². The topological polar surface area (TPSA) is 66.5 Å². The second kappa shape index (κ2) is 7.29. The molecule has 2 rings (SSSR count). The number of phenolic OH excluding ortho intramolecular Hbond substituents is 1. The third-order valence-corrected chi connectivity index (χ3v) is 3.33. The zero-order valence-electron chi connectivity index (χ0n) is 11.4. The quantitative estimate of drug-likeness (QED) is 0.812. The van der Waals surface area contributed by atoms with Crippen molar-refractivity contribution in [2.24, 2.45) is 5.73 Å². The van der Waals surface area contributed by atoms with Crippen LogP contribution in [0.1, 0.15) is 22.7 Å². The number of para-hydroxylation sites is 1. The van der Waals surface area contributed by atoms with Gasteiger partial charge in [0, 0.05) is 12.0 Å². The van der Waals surface area contributed by atoms with Gasteiger partial charge in [0.15, 0.2) is 0 Å². The van der Waals surface area contributed by atoms with Gasteiger partial charge in [-0.2, -0.15) is 0 Å². The first-order chi connectivity index (χ1) is 9.09. The van der Waals surface area contributed by atoms with Gasteiger partial charge in [0.1, 0.15) is 5.75 Å². The standard InChI is InChI=1S/C16H19NO2.ClH/c1-11-6-5-9-13(16(11)19)15(17)14(18)10-12-7-3-2-4-8-12;/h2-9,14-15,18-19H,10,17H2,1H3;1H/t14-,15+;/m0./s1. The lowest BCUT2D eigenvalue weighted by molar-refractivity contribution is 0.143. The molecule has 20 heavy (non-hydrogen) atoms. The lowest BCUT2D eigenvalue weighted by Crippen LogP contribution is -2.28. The fourth-order valence-electron chi connectivity index (χ4n) is 2.14. The Morgan fingerprint density at radius 1 is 1.05 bits per heavy atom. The molecule has 0 unspecified atom stereocenters. The molecule has 4 N–H and O–H groups in total. The Morgan fingerprint density at radius 3 is 2.35 bits per heavy atom. The highest BCUT2D eigenvalue weighted by Crippen LogP contribution is 2.28. The Balaban J connectivity index is 0.00000200. The summed E-state index contributed by atoms with van der Waals surface area (Å²) in [6.07, 6.45) is -0.259. The molecule has 108 valence electrons. The highest BCUT2D eigenvalue weighted by atomic mass is 35.5.